The topological polar surface area (TPSA) is 99.7 Å². The van der Waals surface area contributed by atoms with Crippen molar-refractivity contribution in [3.63, 3.8) is 0 Å². The van der Waals surface area contributed by atoms with Crippen LogP contribution in [0.1, 0.15) is 46.2 Å². The van der Waals surface area contributed by atoms with E-state index in [9.17, 15) is 10.1 Å². The van der Waals surface area contributed by atoms with Crippen LogP contribution in [0.25, 0.3) is 11.1 Å². The zero-order chi connectivity index (χ0) is 21.4. The van der Waals surface area contributed by atoms with E-state index in [1.165, 1.54) is 0 Å². The Balaban J connectivity index is 1.62. The molecule has 0 saturated heterocycles. The minimum Gasteiger partial charge on any atom is -0.362 e. The summed E-state index contributed by atoms with van der Waals surface area (Å²) in [6.07, 6.45) is 5.61. The number of rotatable bonds is 5. The normalized spacial score (nSPS) is 13.0. The van der Waals surface area contributed by atoms with Gasteiger partial charge in [0.1, 0.15) is 17.6 Å². The highest BCUT2D eigenvalue weighted by atomic mass is 16.2. The van der Waals surface area contributed by atoms with Gasteiger partial charge in [0.2, 0.25) is 0 Å². The van der Waals surface area contributed by atoms with Gasteiger partial charge in [-0.2, -0.15) is 10.4 Å². The summed E-state index contributed by atoms with van der Waals surface area (Å²) in [5, 5.41) is 16.8. The number of carbonyl (C=O) groups is 1. The number of pyridine rings is 2. The van der Waals surface area contributed by atoms with Crippen LogP contribution in [0.3, 0.4) is 0 Å². The van der Waals surface area contributed by atoms with Crippen LogP contribution in [-0.2, 0) is 7.05 Å². The molecule has 4 rings (SSSR count). The lowest BCUT2D eigenvalue weighted by molar-refractivity contribution is 0.101. The van der Waals surface area contributed by atoms with Crippen molar-refractivity contribution in [3.05, 3.63) is 53.2 Å². The first kappa shape index (κ1) is 19.6. The molecular formula is C22H23N7O. The SMILES string of the molecule is Cc1ncc(NC(=O)c2cc(C3CC3)nn2C)cc1-c1cnc(N(C)C)c(C#N)c1. The summed E-state index contributed by atoms with van der Waals surface area (Å²) in [7, 11) is 5.47. The Morgan fingerprint density at radius 1 is 1.23 bits per heavy atom. The molecule has 1 amide bonds. The Bertz CT molecular complexity index is 1170. The van der Waals surface area contributed by atoms with Gasteiger partial charge in [-0.15, -0.1) is 0 Å². The molecule has 0 bridgehead atoms. The molecule has 8 nitrogen and oxygen atoms in total. The average molecular weight is 401 g/mol. The van der Waals surface area contributed by atoms with E-state index in [0.717, 1.165) is 35.4 Å². The summed E-state index contributed by atoms with van der Waals surface area (Å²) < 4.78 is 1.62. The second kappa shape index (κ2) is 7.59. The van der Waals surface area contributed by atoms with Crippen molar-refractivity contribution in [3.8, 4) is 17.2 Å². The molecule has 1 fully saturated rings. The molecule has 1 aliphatic carbocycles. The van der Waals surface area contributed by atoms with Gasteiger partial charge in [-0.1, -0.05) is 0 Å². The summed E-state index contributed by atoms with van der Waals surface area (Å²) in [5.41, 5.74) is 4.91. The number of nitrogens with one attached hydrogen (secondary N) is 1. The van der Waals surface area contributed by atoms with Gasteiger partial charge < -0.3 is 10.2 Å². The molecule has 3 aromatic heterocycles. The molecule has 0 atom stereocenters. The lowest BCUT2D eigenvalue weighted by atomic mass is 10.0. The number of nitrogens with zero attached hydrogens (tertiary/aromatic N) is 6. The molecule has 0 aromatic carbocycles. The average Bonchev–Trinajstić information content (AvgIpc) is 3.50. The Kier molecular flexibility index (Phi) is 4.96. The Labute approximate surface area is 175 Å². The molecule has 1 saturated carbocycles. The molecule has 0 unspecified atom stereocenters. The van der Waals surface area contributed by atoms with Crippen LogP contribution in [0, 0.1) is 18.3 Å². The number of hydrogen-bond donors (Lipinski definition) is 1. The van der Waals surface area contributed by atoms with E-state index in [1.54, 1.807) is 35.1 Å². The van der Waals surface area contributed by atoms with Crippen LogP contribution in [0.5, 0.6) is 0 Å². The number of nitriles is 1. The first-order valence-electron chi connectivity index (χ1n) is 9.77. The lowest BCUT2D eigenvalue weighted by Crippen LogP contribution is -2.16. The van der Waals surface area contributed by atoms with Crippen molar-refractivity contribution in [2.75, 3.05) is 24.3 Å². The highest BCUT2D eigenvalue weighted by molar-refractivity contribution is 6.03. The van der Waals surface area contributed by atoms with E-state index in [2.05, 4.69) is 26.5 Å². The van der Waals surface area contributed by atoms with E-state index >= 15 is 0 Å². The van der Waals surface area contributed by atoms with Crippen LogP contribution in [0.2, 0.25) is 0 Å². The van der Waals surface area contributed by atoms with Crippen molar-refractivity contribution in [1.29, 1.82) is 5.26 Å². The number of carbonyl (C=O) groups excluding carboxylic acids is 1. The fourth-order valence-electron chi connectivity index (χ4n) is 3.41. The summed E-state index contributed by atoms with van der Waals surface area (Å²) >= 11 is 0. The van der Waals surface area contributed by atoms with Gasteiger partial charge >= 0.3 is 0 Å². The fourth-order valence-corrected chi connectivity index (χ4v) is 3.41. The molecule has 152 valence electrons. The monoisotopic (exact) mass is 401 g/mol. The van der Waals surface area contributed by atoms with Gasteiger partial charge in [0.15, 0.2) is 0 Å². The zero-order valence-electron chi connectivity index (χ0n) is 17.5. The van der Waals surface area contributed by atoms with Gasteiger partial charge in [-0.3, -0.25) is 14.5 Å². The molecule has 30 heavy (non-hydrogen) atoms. The quantitative estimate of drug-likeness (QED) is 0.704. The van der Waals surface area contributed by atoms with E-state index in [4.69, 9.17) is 0 Å². The van der Waals surface area contributed by atoms with Crippen molar-refractivity contribution >= 4 is 17.4 Å². The molecule has 3 heterocycles. The van der Waals surface area contributed by atoms with Gasteiger partial charge in [0.05, 0.1) is 23.1 Å². The van der Waals surface area contributed by atoms with Crippen LogP contribution in [0.15, 0.2) is 30.6 Å². The van der Waals surface area contributed by atoms with E-state index in [0.29, 0.717) is 28.7 Å². The highest BCUT2D eigenvalue weighted by Crippen LogP contribution is 2.39. The van der Waals surface area contributed by atoms with Crippen molar-refractivity contribution in [2.24, 2.45) is 7.05 Å². The molecule has 1 aliphatic rings. The van der Waals surface area contributed by atoms with Crippen LogP contribution in [-0.4, -0.2) is 39.8 Å². The van der Waals surface area contributed by atoms with E-state index < -0.39 is 0 Å². The Morgan fingerprint density at radius 2 is 2.00 bits per heavy atom. The van der Waals surface area contributed by atoms with Crippen LogP contribution in [0.4, 0.5) is 11.5 Å². The largest absolute Gasteiger partial charge is 0.362 e. The van der Waals surface area contributed by atoms with Gasteiger partial charge in [-0.05, 0) is 38.0 Å². The van der Waals surface area contributed by atoms with Crippen molar-refractivity contribution in [2.45, 2.75) is 25.7 Å². The van der Waals surface area contributed by atoms with Crippen LogP contribution >= 0.6 is 0 Å². The summed E-state index contributed by atoms with van der Waals surface area (Å²) in [6, 6.07) is 7.70. The minimum absolute atomic E-state index is 0.229. The van der Waals surface area contributed by atoms with Gasteiger partial charge in [-0.25, -0.2) is 4.98 Å². The van der Waals surface area contributed by atoms with Gasteiger partial charge in [0.25, 0.3) is 5.91 Å². The molecule has 0 spiro atoms. The summed E-state index contributed by atoms with van der Waals surface area (Å²) in [5.74, 6) is 0.864. The first-order chi connectivity index (χ1) is 14.4. The predicted molar refractivity (Wildman–Crippen MR) is 114 cm³/mol. The lowest BCUT2D eigenvalue weighted by Gasteiger charge is -2.15. The number of aryl methyl sites for hydroxylation is 2. The standard InChI is InChI=1S/C22H23N7O/c1-13-18(16-7-15(10-23)21(25-11-16)28(2)3)8-17(12-24-13)26-22(30)20-9-19(14-5-6-14)27-29(20)4/h7-9,11-12,14H,5-6H2,1-4H3,(H,26,30). The second-order valence-corrected chi connectivity index (χ2v) is 7.76. The first-order valence-corrected chi connectivity index (χ1v) is 9.77. The smallest absolute Gasteiger partial charge is 0.273 e. The van der Waals surface area contributed by atoms with Crippen molar-refractivity contribution in [1.82, 2.24) is 19.7 Å². The fraction of sp³-hybridized carbons (Fsp3) is 0.318. The summed E-state index contributed by atoms with van der Waals surface area (Å²) in [4.78, 5) is 23.4. The molecule has 8 heteroatoms. The molecular weight excluding hydrogens is 378 g/mol. The second-order valence-electron chi connectivity index (χ2n) is 7.76. The zero-order valence-corrected chi connectivity index (χ0v) is 17.5. The maximum atomic E-state index is 12.8. The van der Waals surface area contributed by atoms with E-state index in [1.807, 2.05) is 33.2 Å². The molecule has 1 N–H and O–H groups in total. The highest BCUT2D eigenvalue weighted by Gasteiger charge is 2.28. The molecule has 0 aliphatic heterocycles. The number of aromatic nitrogens is 4. The Hall–Kier alpha value is -3.73. The van der Waals surface area contributed by atoms with Crippen molar-refractivity contribution < 1.29 is 4.79 Å². The Morgan fingerprint density at radius 3 is 2.67 bits per heavy atom. The van der Waals surface area contributed by atoms with Gasteiger partial charge in [0, 0.05) is 50.1 Å². The van der Waals surface area contributed by atoms with Crippen LogP contribution < -0.4 is 10.2 Å². The number of amides is 1. The maximum Gasteiger partial charge on any atom is 0.273 e. The third-order valence-corrected chi connectivity index (χ3v) is 5.19. The molecule has 3 aromatic rings. The van der Waals surface area contributed by atoms with E-state index in [-0.39, 0.29) is 5.91 Å². The number of anilines is 2. The third-order valence-electron chi connectivity index (χ3n) is 5.19. The predicted octanol–water partition coefficient (Wildman–Crippen LogP) is 3.25. The third kappa shape index (κ3) is 3.74. The molecule has 0 radical (unpaired) electrons. The number of hydrogen-bond acceptors (Lipinski definition) is 6. The summed E-state index contributed by atoms with van der Waals surface area (Å²) in [6.45, 7) is 1.88. The maximum absolute atomic E-state index is 12.8. The minimum atomic E-state index is -0.229.